The minimum atomic E-state index is -3.69. The van der Waals surface area contributed by atoms with Crippen molar-refractivity contribution in [3.63, 3.8) is 0 Å². The van der Waals surface area contributed by atoms with Crippen molar-refractivity contribution in [3.8, 4) is 0 Å². The molecule has 0 aliphatic heterocycles. The van der Waals surface area contributed by atoms with E-state index in [-0.39, 0.29) is 17.7 Å². The van der Waals surface area contributed by atoms with E-state index in [1.54, 1.807) is 19.2 Å². The summed E-state index contributed by atoms with van der Waals surface area (Å²) < 4.78 is 36.7. The van der Waals surface area contributed by atoms with Crippen molar-refractivity contribution in [1.29, 1.82) is 0 Å². The molecule has 1 unspecified atom stereocenters. The molecule has 0 bridgehead atoms. The van der Waals surface area contributed by atoms with Gasteiger partial charge in [-0.15, -0.1) is 0 Å². The first-order valence-corrected chi connectivity index (χ1v) is 7.17. The van der Waals surface area contributed by atoms with Crippen LogP contribution in [0.1, 0.15) is 0 Å². The van der Waals surface area contributed by atoms with E-state index in [0.717, 1.165) is 0 Å². The Morgan fingerprint density at radius 1 is 1.42 bits per heavy atom. The molecule has 8 heteroatoms. The Morgan fingerprint density at radius 2 is 2.16 bits per heavy atom. The van der Waals surface area contributed by atoms with Crippen molar-refractivity contribution >= 4 is 15.7 Å². The van der Waals surface area contributed by atoms with Crippen molar-refractivity contribution in [2.24, 2.45) is 0 Å². The second-order valence-corrected chi connectivity index (χ2v) is 5.45. The second kappa shape index (κ2) is 7.39. The molecular weight excluding hydrogens is 270 g/mol. The van der Waals surface area contributed by atoms with Crippen LogP contribution in [0.5, 0.6) is 0 Å². The Hall–Kier alpha value is -1.22. The third-order valence-electron chi connectivity index (χ3n) is 2.48. The first-order chi connectivity index (χ1) is 9.05. The SMILES string of the molecule is CNc1cccnc1S(=O)(=O)NCC(COC)OC. The summed E-state index contributed by atoms with van der Waals surface area (Å²) in [6, 6.07) is 3.30. The summed E-state index contributed by atoms with van der Waals surface area (Å²) in [5.41, 5.74) is 0.440. The van der Waals surface area contributed by atoms with E-state index in [1.165, 1.54) is 20.4 Å². The van der Waals surface area contributed by atoms with Crippen molar-refractivity contribution in [2.75, 3.05) is 39.7 Å². The smallest absolute Gasteiger partial charge is 0.260 e. The van der Waals surface area contributed by atoms with Crippen molar-refractivity contribution in [3.05, 3.63) is 18.3 Å². The number of hydrogen-bond donors (Lipinski definition) is 2. The summed E-state index contributed by atoms with van der Waals surface area (Å²) in [5, 5.41) is 2.75. The number of sulfonamides is 1. The first-order valence-electron chi connectivity index (χ1n) is 5.69. The number of rotatable bonds is 8. The fourth-order valence-corrected chi connectivity index (χ4v) is 2.66. The number of nitrogens with one attached hydrogen (secondary N) is 2. The van der Waals surface area contributed by atoms with Gasteiger partial charge in [-0.1, -0.05) is 0 Å². The van der Waals surface area contributed by atoms with E-state index in [0.29, 0.717) is 12.3 Å². The van der Waals surface area contributed by atoms with Gasteiger partial charge >= 0.3 is 0 Å². The molecule has 0 aliphatic carbocycles. The summed E-state index contributed by atoms with van der Waals surface area (Å²) in [5.74, 6) is 0. The van der Waals surface area contributed by atoms with Gasteiger partial charge in [-0.3, -0.25) is 0 Å². The fraction of sp³-hybridized carbons (Fsp3) is 0.545. The van der Waals surface area contributed by atoms with E-state index in [4.69, 9.17) is 9.47 Å². The Kier molecular flexibility index (Phi) is 6.16. The summed E-state index contributed by atoms with van der Waals surface area (Å²) >= 11 is 0. The number of aromatic nitrogens is 1. The molecule has 1 atom stereocenters. The van der Waals surface area contributed by atoms with E-state index in [2.05, 4.69) is 15.0 Å². The molecule has 0 aliphatic rings. The van der Waals surface area contributed by atoms with E-state index < -0.39 is 10.0 Å². The van der Waals surface area contributed by atoms with Crippen LogP contribution >= 0.6 is 0 Å². The van der Waals surface area contributed by atoms with Crippen LogP contribution in [0.3, 0.4) is 0 Å². The van der Waals surface area contributed by atoms with Crippen LogP contribution in [0.15, 0.2) is 23.4 Å². The summed E-state index contributed by atoms with van der Waals surface area (Å²) in [6.45, 7) is 0.423. The van der Waals surface area contributed by atoms with Gasteiger partial charge in [0.1, 0.15) is 0 Å². The van der Waals surface area contributed by atoms with Gasteiger partial charge in [0.15, 0.2) is 5.03 Å². The van der Waals surface area contributed by atoms with Crippen molar-refractivity contribution in [1.82, 2.24) is 9.71 Å². The van der Waals surface area contributed by atoms with Crippen LogP contribution in [0.2, 0.25) is 0 Å². The number of methoxy groups -OCH3 is 2. The number of pyridine rings is 1. The van der Waals surface area contributed by atoms with Gasteiger partial charge < -0.3 is 14.8 Å². The maximum Gasteiger partial charge on any atom is 0.260 e. The number of nitrogens with zero attached hydrogens (tertiary/aromatic N) is 1. The first kappa shape index (κ1) is 15.8. The van der Waals surface area contributed by atoms with Crippen LogP contribution in [-0.4, -0.2) is 53.9 Å². The lowest BCUT2D eigenvalue weighted by Gasteiger charge is -2.15. The van der Waals surface area contributed by atoms with Crippen LogP contribution < -0.4 is 10.0 Å². The molecule has 1 aromatic heterocycles. The van der Waals surface area contributed by atoms with Crippen molar-refractivity contribution < 1.29 is 17.9 Å². The molecule has 1 aromatic rings. The Balaban J connectivity index is 2.81. The second-order valence-electron chi connectivity index (χ2n) is 3.77. The maximum atomic E-state index is 12.1. The van der Waals surface area contributed by atoms with Gasteiger partial charge in [-0.2, -0.15) is 0 Å². The molecular formula is C11H19N3O4S. The molecule has 0 radical (unpaired) electrons. The zero-order chi connectivity index (χ0) is 14.3. The molecule has 0 saturated heterocycles. The lowest BCUT2D eigenvalue weighted by Crippen LogP contribution is -2.36. The monoisotopic (exact) mass is 289 g/mol. The standard InChI is InChI=1S/C11H19N3O4S/c1-12-10-5-4-6-13-11(10)19(15,16)14-7-9(18-3)8-17-2/h4-6,9,12,14H,7-8H2,1-3H3. The predicted molar refractivity (Wildman–Crippen MR) is 71.6 cm³/mol. The van der Waals surface area contributed by atoms with Crippen LogP contribution in [0.25, 0.3) is 0 Å². The highest BCUT2D eigenvalue weighted by atomic mass is 32.2. The zero-order valence-corrected chi connectivity index (χ0v) is 12.0. The molecule has 2 N–H and O–H groups in total. The quantitative estimate of drug-likeness (QED) is 0.703. The van der Waals surface area contributed by atoms with Crippen LogP contribution in [-0.2, 0) is 19.5 Å². The minimum absolute atomic E-state index is 0.0373. The molecule has 1 rings (SSSR count). The molecule has 0 spiro atoms. The average Bonchev–Trinajstić information content (AvgIpc) is 2.43. The summed E-state index contributed by atoms with van der Waals surface area (Å²) in [4.78, 5) is 3.89. The minimum Gasteiger partial charge on any atom is -0.386 e. The molecule has 0 saturated carbocycles. The van der Waals surface area contributed by atoms with Crippen LogP contribution in [0.4, 0.5) is 5.69 Å². The van der Waals surface area contributed by atoms with Gasteiger partial charge in [0.2, 0.25) is 0 Å². The predicted octanol–water partition coefficient (Wildman–Crippen LogP) is 0.0630. The Bertz CT molecular complexity index is 492. The number of anilines is 1. The fourth-order valence-electron chi connectivity index (χ4n) is 1.46. The molecule has 19 heavy (non-hydrogen) atoms. The lowest BCUT2D eigenvalue weighted by atomic mass is 10.4. The molecule has 1 heterocycles. The normalized spacial score (nSPS) is 13.2. The highest BCUT2D eigenvalue weighted by molar-refractivity contribution is 7.89. The Morgan fingerprint density at radius 3 is 2.74 bits per heavy atom. The zero-order valence-electron chi connectivity index (χ0n) is 11.2. The third-order valence-corrected chi connectivity index (χ3v) is 3.86. The van der Waals surface area contributed by atoms with E-state index in [1.807, 2.05) is 0 Å². The number of hydrogen-bond acceptors (Lipinski definition) is 6. The van der Waals surface area contributed by atoms with E-state index >= 15 is 0 Å². The van der Waals surface area contributed by atoms with Crippen LogP contribution in [0, 0.1) is 0 Å². The summed E-state index contributed by atoms with van der Waals surface area (Å²) in [6.07, 6.45) is 1.08. The lowest BCUT2D eigenvalue weighted by molar-refractivity contribution is 0.0320. The van der Waals surface area contributed by atoms with Gasteiger partial charge in [0.25, 0.3) is 10.0 Å². The Labute approximate surface area is 113 Å². The molecule has 0 aromatic carbocycles. The highest BCUT2D eigenvalue weighted by Gasteiger charge is 2.21. The number of ether oxygens (including phenoxy) is 2. The van der Waals surface area contributed by atoms with Gasteiger partial charge in [-0.25, -0.2) is 18.1 Å². The molecule has 108 valence electrons. The van der Waals surface area contributed by atoms with Gasteiger partial charge in [0, 0.05) is 34.0 Å². The maximum absolute atomic E-state index is 12.1. The van der Waals surface area contributed by atoms with E-state index in [9.17, 15) is 8.42 Å². The molecule has 7 nitrogen and oxygen atoms in total. The molecule has 0 amide bonds. The topological polar surface area (TPSA) is 89.6 Å². The highest BCUT2D eigenvalue weighted by Crippen LogP contribution is 2.16. The van der Waals surface area contributed by atoms with Crippen molar-refractivity contribution in [2.45, 2.75) is 11.1 Å². The largest absolute Gasteiger partial charge is 0.386 e. The summed E-state index contributed by atoms with van der Waals surface area (Å²) in [7, 11) is 0.976. The average molecular weight is 289 g/mol. The molecule has 0 fully saturated rings. The third kappa shape index (κ3) is 4.43. The van der Waals surface area contributed by atoms with Gasteiger partial charge in [-0.05, 0) is 12.1 Å². The van der Waals surface area contributed by atoms with Gasteiger partial charge in [0.05, 0.1) is 18.4 Å².